The van der Waals surface area contributed by atoms with Crippen LogP contribution in [-0.4, -0.2) is 27.7 Å². The number of carboxylic acids is 1. The average Bonchev–Trinajstić information content (AvgIpc) is 3.13. The van der Waals surface area contributed by atoms with Crippen LogP contribution in [0.5, 0.6) is 11.5 Å². The van der Waals surface area contributed by atoms with E-state index in [2.05, 4.69) is 4.98 Å². The van der Waals surface area contributed by atoms with Crippen molar-refractivity contribution in [3.63, 3.8) is 0 Å². The fraction of sp³-hybridized carbons (Fsp3) is 0.130. The molecule has 0 amide bonds. The molecule has 4 rings (SSSR count). The Morgan fingerprint density at radius 1 is 1.10 bits per heavy atom. The number of fused-ring (bicyclic) bond motifs is 1. The molecule has 0 fully saturated rings. The summed E-state index contributed by atoms with van der Waals surface area (Å²) in [6, 6.07) is 15.8. The predicted molar refractivity (Wildman–Crippen MR) is 110 cm³/mol. The Morgan fingerprint density at radius 2 is 1.97 bits per heavy atom. The van der Waals surface area contributed by atoms with Gasteiger partial charge in [-0.25, -0.2) is 9.37 Å². The van der Waals surface area contributed by atoms with Gasteiger partial charge in [0.2, 0.25) is 0 Å². The standard InChI is InChI=1S/C23H19FN2O4/c1-29-20-10-18(8-19(24)11-20)16-4-2-3-15(7-16)14-30-21-9-17-5-6-26(13-22(27)28)23(17)25-12-21/h2-12H,13-14H2,1H3,(H,27,28). The molecule has 0 bridgehead atoms. The Labute approximate surface area is 172 Å². The summed E-state index contributed by atoms with van der Waals surface area (Å²) in [6.45, 7) is 0.164. The van der Waals surface area contributed by atoms with E-state index in [0.29, 0.717) is 23.8 Å². The van der Waals surface area contributed by atoms with Crippen LogP contribution in [0.1, 0.15) is 5.56 Å². The lowest BCUT2D eigenvalue weighted by molar-refractivity contribution is -0.137. The second-order valence-corrected chi connectivity index (χ2v) is 6.79. The fourth-order valence-corrected chi connectivity index (χ4v) is 3.26. The zero-order valence-electron chi connectivity index (χ0n) is 16.2. The molecule has 4 aromatic rings. The number of pyridine rings is 1. The van der Waals surface area contributed by atoms with Crippen molar-refractivity contribution in [2.75, 3.05) is 7.11 Å². The van der Waals surface area contributed by atoms with Crippen molar-refractivity contribution in [2.45, 2.75) is 13.2 Å². The number of aliphatic carboxylic acids is 1. The number of ether oxygens (including phenoxy) is 2. The first-order valence-electron chi connectivity index (χ1n) is 9.25. The molecular formula is C23H19FN2O4. The first kappa shape index (κ1) is 19.4. The maximum atomic E-state index is 13.8. The molecule has 7 heteroatoms. The van der Waals surface area contributed by atoms with Gasteiger partial charge in [-0.05, 0) is 47.0 Å². The first-order chi connectivity index (χ1) is 14.5. The van der Waals surface area contributed by atoms with Crippen LogP contribution in [0.4, 0.5) is 4.39 Å². The van der Waals surface area contributed by atoms with Crippen molar-refractivity contribution in [1.82, 2.24) is 9.55 Å². The highest BCUT2D eigenvalue weighted by atomic mass is 19.1. The van der Waals surface area contributed by atoms with Crippen molar-refractivity contribution in [3.8, 4) is 22.6 Å². The van der Waals surface area contributed by atoms with Crippen molar-refractivity contribution in [3.05, 3.63) is 78.4 Å². The highest BCUT2D eigenvalue weighted by Gasteiger charge is 2.08. The quantitative estimate of drug-likeness (QED) is 0.489. The molecule has 2 heterocycles. The molecule has 0 aliphatic rings. The summed E-state index contributed by atoms with van der Waals surface area (Å²) in [5, 5.41) is 9.76. The number of rotatable bonds is 7. The molecule has 6 nitrogen and oxygen atoms in total. The molecule has 30 heavy (non-hydrogen) atoms. The van der Waals surface area contributed by atoms with Crippen LogP contribution in [0.2, 0.25) is 0 Å². The van der Waals surface area contributed by atoms with Gasteiger partial charge in [0.15, 0.2) is 0 Å². The summed E-state index contributed by atoms with van der Waals surface area (Å²) >= 11 is 0. The minimum absolute atomic E-state index is 0.144. The molecule has 152 valence electrons. The van der Waals surface area contributed by atoms with E-state index in [1.54, 1.807) is 29.1 Å². The summed E-state index contributed by atoms with van der Waals surface area (Å²) in [6.07, 6.45) is 3.26. The monoisotopic (exact) mass is 406 g/mol. The Bertz CT molecular complexity index is 1220. The second-order valence-electron chi connectivity index (χ2n) is 6.79. The molecule has 0 spiro atoms. The molecule has 0 saturated heterocycles. The van der Waals surface area contributed by atoms with E-state index in [1.807, 2.05) is 30.3 Å². The van der Waals surface area contributed by atoms with Gasteiger partial charge in [-0.15, -0.1) is 0 Å². The van der Waals surface area contributed by atoms with Gasteiger partial charge < -0.3 is 19.1 Å². The van der Waals surface area contributed by atoms with Gasteiger partial charge in [-0.3, -0.25) is 4.79 Å². The highest BCUT2D eigenvalue weighted by Crippen LogP contribution is 2.27. The molecule has 1 N–H and O–H groups in total. The van der Waals surface area contributed by atoms with Gasteiger partial charge >= 0.3 is 5.97 Å². The summed E-state index contributed by atoms with van der Waals surface area (Å²) in [5.41, 5.74) is 3.08. The SMILES string of the molecule is COc1cc(F)cc(-c2cccc(COc3cnc4c(ccn4CC(=O)O)c3)c2)c1. The van der Waals surface area contributed by atoms with E-state index in [1.165, 1.54) is 19.2 Å². The molecule has 0 unspecified atom stereocenters. The Balaban J connectivity index is 1.51. The molecule has 0 atom stereocenters. The Hall–Kier alpha value is -3.87. The van der Waals surface area contributed by atoms with Gasteiger partial charge in [-0.2, -0.15) is 0 Å². The van der Waals surface area contributed by atoms with Gasteiger partial charge in [-0.1, -0.05) is 18.2 Å². The van der Waals surface area contributed by atoms with Crippen molar-refractivity contribution < 1.29 is 23.8 Å². The number of aromatic nitrogens is 2. The van der Waals surface area contributed by atoms with Crippen LogP contribution in [-0.2, 0) is 17.9 Å². The molecule has 0 radical (unpaired) electrons. The minimum atomic E-state index is -0.926. The van der Waals surface area contributed by atoms with E-state index < -0.39 is 5.97 Å². The van der Waals surface area contributed by atoms with Crippen molar-refractivity contribution >= 4 is 17.0 Å². The summed E-state index contributed by atoms with van der Waals surface area (Å²) in [7, 11) is 1.50. The second kappa shape index (κ2) is 8.24. The van der Waals surface area contributed by atoms with Crippen LogP contribution in [0.25, 0.3) is 22.2 Å². The topological polar surface area (TPSA) is 73.6 Å². The predicted octanol–water partition coefficient (Wildman–Crippen LogP) is 4.51. The van der Waals surface area contributed by atoms with Crippen LogP contribution < -0.4 is 9.47 Å². The summed E-state index contributed by atoms with van der Waals surface area (Å²) < 4.78 is 26.4. The maximum absolute atomic E-state index is 13.8. The van der Waals surface area contributed by atoms with E-state index in [9.17, 15) is 9.18 Å². The van der Waals surface area contributed by atoms with E-state index >= 15 is 0 Å². The number of hydrogen-bond donors (Lipinski definition) is 1. The normalized spacial score (nSPS) is 10.9. The number of carbonyl (C=O) groups is 1. The fourth-order valence-electron chi connectivity index (χ4n) is 3.26. The zero-order valence-corrected chi connectivity index (χ0v) is 16.2. The molecule has 0 aliphatic carbocycles. The Morgan fingerprint density at radius 3 is 2.77 bits per heavy atom. The van der Waals surface area contributed by atoms with E-state index in [4.69, 9.17) is 14.6 Å². The molecule has 2 aromatic carbocycles. The summed E-state index contributed by atoms with van der Waals surface area (Å²) in [5.74, 6) is -0.250. The lowest BCUT2D eigenvalue weighted by Gasteiger charge is -2.10. The highest BCUT2D eigenvalue weighted by molar-refractivity contribution is 5.79. The molecule has 0 saturated carbocycles. The minimum Gasteiger partial charge on any atom is -0.497 e. The van der Waals surface area contributed by atoms with Crippen LogP contribution in [0.3, 0.4) is 0 Å². The van der Waals surface area contributed by atoms with Crippen LogP contribution in [0.15, 0.2) is 67.0 Å². The lowest BCUT2D eigenvalue weighted by Crippen LogP contribution is -2.07. The number of carboxylic acid groups (broad SMARTS) is 1. The number of methoxy groups -OCH3 is 1. The number of halogens is 1. The molecule has 0 aliphatic heterocycles. The van der Waals surface area contributed by atoms with Gasteiger partial charge in [0.25, 0.3) is 0 Å². The third kappa shape index (κ3) is 4.25. The Kier molecular flexibility index (Phi) is 5.34. The summed E-state index contributed by atoms with van der Waals surface area (Å²) in [4.78, 5) is 15.2. The van der Waals surface area contributed by atoms with E-state index in [0.717, 1.165) is 22.1 Å². The van der Waals surface area contributed by atoms with Crippen molar-refractivity contribution in [1.29, 1.82) is 0 Å². The third-order valence-electron chi connectivity index (χ3n) is 4.65. The first-order valence-corrected chi connectivity index (χ1v) is 9.25. The van der Waals surface area contributed by atoms with Gasteiger partial charge in [0, 0.05) is 17.6 Å². The van der Waals surface area contributed by atoms with Crippen molar-refractivity contribution in [2.24, 2.45) is 0 Å². The largest absolute Gasteiger partial charge is 0.497 e. The van der Waals surface area contributed by atoms with Crippen LogP contribution >= 0.6 is 0 Å². The molecule has 2 aromatic heterocycles. The number of hydrogen-bond acceptors (Lipinski definition) is 4. The number of benzene rings is 2. The van der Waals surface area contributed by atoms with Gasteiger partial charge in [0.1, 0.15) is 36.1 Å². The van der Waals surface area contributed by atoms with Crippen LogP contribution in [0, 0.1) is 5.82 Å². The zero-order chi connectivity index (χ0) is 21.1. The third-order valence-corrected chi connectivity index (χ3v) is 4.65. The number of nitrogens with zero attached hydrogens (tertiary/aromatic N) is 2. The maximum Gasteiger partial charge on any atom is 0.323 e. The average molecular weight is 406 g/mol. The van der Waals surface area contributed by atoms with E-state index in [-0.39, 0.29) is 12.4 Å². The lowest BCUT2D eigenvalue weighted by atomic mass is 10.0. The van der Waals surface area contributed by atoms with Gasteiger partial charge in [0.05, 0.1) is 13.3 Å². The smallest absolute Gasteiger partial charge is 0.323 e. The molecular weight excluding hydrogens is 387 g/mol.